The van der Waals surface area contributed by atoms with Crippen molar-refractivity contribution in [2.75, 3.05) is 18.5 Å². The van der Waals surface area contributed by atoms with Crippen LogP contribution in [0.25, 0.3) is 17.4 Å². The number of benzene rings is 2. The van der Waals surface area contributed by atoms with E-state index in [2.05, 4.69) is 21.2 Å². The van der Waals surface area contributed by atoms with Gasteiger partial charge in [-0.2, -0.15) is 0 Å². The third-order valence-electron chi connectivity index (χ3n) is 5.34. The van der Waals surface area contributed by atoms with Gasteiger partial charge in [-0.25, -0.2) is 4.79 Å². The highest BCUT2D eigenvalue weighted by Crippen LogP contribution is 2.33. The smallest absolute Gasteiger partial charge is 0.338 e. The van der Waals surface area contributed by atoms with Crippen LogP contribution in [-0.4, -0.2) is 41.1 Å². The van der Waals surface area contributed by atoms with Crippen LogP contribution in [0.4, 0.5) is 10.5 Å². The quantitative estimate of drug-likeness (QED) is 0.178. The first-order chi connectivity index (χ1) is 17.8. The van der Waals surface area contributed by atoms with Gasteiger partial charge in [0.2, 0.25) is 5.91 Å². The number of hydrogen-bond donors (Lipinski definition) is 1. The molecule has 4 rings (SSSR count). The van der Waals surface area contributed by atoms with Crippen LogP contribution >= 0.6 is 27.7 Å². The topological polar surface area (TPSA) is 106 Å². The minimum atomic E-state index is -0.565. The van der Waals surface area contributed by atoms with Crippen LogP contribution in [0.2, 0.25) is 0 Å². The summed E-state index contributed by atoms with van der Waals surface area (Å²) in [7, 11) is 0. The van der Waals surface area contributed by atoms with Gasteiger partial charge in [0.05, 0.1) is 17.1 Å². The number of esters is 1. The Hall–Kier alpha value is -3.63. The number of carbonyl (C=O) groups excluding carboxylic acids is 4. The molecule has 3 amide bonds. The van der Waals surface area contributed by atoms with Gasteiger partial charge in [-0.1, -0.05) is 41.4 Å². The van der Waals surface area contributed by atoms with E-state index in [9.17, 15) is 19.2 Å². The standard InChI is InChI=1S/C27H23BrN2O6S/c1-2-3-14-35-26(33)18-6-4-17(5-7-18)22-13-12-21(36-22)15-23-25(32)30(27(34)37-23)16-24(31)29-20-10-8-19(28)9-11-20/h4-13,15H,2-3,14,16H2,1H3,(H,29,31)/b23-15+. The molecule has 2 heterocycles. The molecule has 0 radical (unpaired) electrons. The number of nitrogens with zero attached hydrogens (tertiary/aromatic N) is 1. The van der Waals surface area contributed by atoms with Crippen molar-refractivity contribution in [2.45, 2.75) is 19.8 Å². The molecule has 1 saturated heterocycles. The molecule has 0 aliphatic carbocycles. The van der Waals surface area contributed by atoms with E-state index in [1.54, 1.807) is 60.7 Å². The van der Waals surface area contributed by atoms with E-state index < -0.39 is 23.6 Å². The van der Waals surface area contributed by atoms with Crippen LogP contribution in [0.15, 0.2) is 74.5 Å². The lowest BCUT2D eigenvalue weighted by atomic mass is 10.1. The maximum atomic E-state index is 12.8. The molecule has 10 heteroatoms. The van der Waals surface area contributed by atoms with Crippen molar-refractivity contribution in [3.63, 3.8) is 0 Å². The summed E-state index contributed by atoms with van der Waals surface area (Å²) in [6.07, 6.45) is 3.24. The predicted molar refractivity (Wildman–Crippen MR) is 145 cm³/mol. The number of imide groups is 1. The van der Waals surface area contributed by atoms with E-state index >= 15 is 0 Å². The predicted octanol–water partition coefficient (Wildman–Crippen LogP) is 6.34. The Balaban J connectivity index is 1.38. The van der Waals surface area contributed by atoms with Crippen molar-refractivity contribution in [3.05, 3.63) is 81.4 Å². The molecule has 190 valence electrons. The van der Waals surface area contributed by atoms with E-state index in [0.717, 1.165) is 39.5 Å². The average molecular weight is 583 g/mol. The van der Waals surface area contributed by atoms with Crippen molar-refractivity contribution >= 4 is 62.5 Å². The van der Waals surface area contributed by atoms with Gasteiger partial charge in [0.15, 0.2) is 0 Å². The molecule has 0 unspecified atom stereocenters. The van der Waals surface area contributed by atoms with E-state index in [1.807, 2.05) is 6.92 Å². The molecule has 2 aromatic carbocycles. The van der Waals surface area contributed by atoms with Crippen LogP contribution in [-0.2, 0) is 14.3 Å². The molecule has 0 bridgehead atoms. The lowest BCUT2D eigenvalue weighted by Gasteiger charge is -2.12. The van der Waals surface area contributed by atoms with Crippen LogP contribution in [0.5, 0.6) is 0 Å². The summed E-state index contributed by atoms with van der Waals surface area (Å²) in [5, 5.41) is 2.13. The first-order valence-electron chi connectivity index (χ1n) is 11.5. The Morgan fingerprint density at radius 1 is 1.05 bits per heavy atom. The van der Waals surface area contributed by atoms with Crippen LogP contribution in [0.3, 0.4) is 0 Å². The zero-order valence-electron chi connectivity index (χ0n) is 19.9. The summed E-state index contributed by atoms with van der Waals surface area (Å²) in [6.45, 7) is 2.02. The first-order valence-corrected chi connectivity index (χ1v) is 13.1. The number of rotatable bonds is 9. The summed E-state index contributed by atoms with van der Waals surface area (Å²) in [5.74, 6) is -0.511. The maximum absolute atomic E-state index is 12.8. The molecule has 3 aromatic rings. The highest BCUT2D eigenvalue weighted by Gasteiger charge is 2.36. The van der Waals surface area contributed by atoms with Gasteiger partial charge in [0, 0.05) is 21.8 Å². The molecule has 8 nitrogen and oxygen atoms in total. The molecule has 0 spiro atoms. The summed E-state index contributed by atoms with van der Waals surface area (Å²) < 4.78 is 11.9. The van der Waals surface area contributed by atoms with Gasteiger partial charge < -0.3 is 14.5 Å². The number of nitrogens with one attached hydrogen (secondary N) is 1. The minimum Gasteiger partial charge on any atom is -0.462 e. The fourth-order valence-electron chi connectivity index (χ4n) is 3.39. The van der Waals surface area contributed by atoms with Gasteiger partial charge in [0.25, 0.3) is 11.1 Å². The number of unbranched alkanes of at least 4 members (excludes halogenated alkanes) is 1. The Labute approximate surface area is 226 Å². The molecule has 37 heavy (non-hydrogen) atoms. The van der Waals surface area contributed by atoms with Crippen molar-refractivity contribution in [1.82, 2.24) is 4.90 Å². The van der Waals surface area contributed by atoms with E-state index in [-0.39, 0.29) is 10.9 Å². The third kappa shape index (κ3) is 6.78. The van der Waals surface area contributed by atoms with Crippen molar-refractivity contribution in [2.24, 2.45) is 0 Å². The monoisotopic (exact) mass is 582 g/mol. The molecule has 0 saturated carbocycles. The molecular weight excluding hydrogens is 560 g/mol. The zero-order chi connectivity index (χ0) is 26.4. The van der Waals surface area contributed by atoms with E-state index in [4.69, 9.17) is 9.15 Å². The third-order valence-corrected chi connectivity index (χ3v) is 6.78. The number of carbonyl (C=O) groups is 4. The second-order valence-electron chi connectivity index (χ2n) is 8.09. The number of hydrogen-bond acceptors (Lipinski definition) is 7. The summed E-state index contributed by atoms with van der Waals surface area (Å²) in [6, 6.07) is 17.2. The normalized spacial score (nSPS) is 14.3. The van der Waals surface area contributed by atoms with Gasteiger partial charge >= 0.3 is 5.97 Å². The number of furan rings is 1. The average Bonchev–Trinajstić information content (AvgIpc) is 3.46. The van der Waals surface area contributed by atoms with Crippen molar-refractivity contribution in [1.29, 1.82) is 0 Å². The highest BCUT2D eigenvalue weighted by atomic mass is 79.9. The van der Waals surface area contributed by atoms with Crippen LogP contribution in [0, 0.1) is 0 Å². The summed E-state index contributed by atoms with van der Waals surface area (Å²) in [4.78, 5) is 50.6. The zero-order valence-corrected chi connectivity index (χ0v) is 22.3. The van der Waals surface area contributed by atoms with Crippen molar-refractivity contribution in [3.8, 4) is 11.3 Å². The fraction of sp³-hybridized carbons (Fsp3) is 0.185. The van der Waals surface area contributed by atoms with E-state index in [1.165, 1.54) is 6.08 Å². The highest BCUT2D eigenvalue weighted by molar-refractivity contribution is 9.10. The second-order valence-corrected chi connectivity index (χ2v) is 10.0. The largest absolute Gasteiger partial charge is 0.462 e. The SMILES string of the molecule is CCCCOC(=O)c1ccc(-c2ccc(/C=C3/SC(=O)N(CC(=O)Nc4ccc(Br)cc4)C3=O)o2)cc1. The van der Waals surface area contributed by atoms with Crippen molar-refractivity contribution < 1.29 is 28.3 Å². The van der Waals surface area contributed by atoms with E-state index in [0.29, 0.717) is 29.4 Å². The Morgan fingerprint density at radius 3 is 2.49 bits per heavy atom. The molecule has 1 N–H and O–H groups in total. The van der Waals surface area contributed by atoms with Crippen LogP contribution < -0.4 is 5.32 Å². The van der Waals surface area contributed by atoms with Gasteiger partial charge in [-0.05, 0) is 66.7 Å². The Kier molecular flexibility index (Phi) is 8.62. The van der Waals surface area contributed by atoms with Gasteiger partial charge in [-0.15, -0.1) is 0 Å². The lowest BCUT2D eigenvalue weighted by Crippen LogP contribution is -2.36. The number of thioether (sulfide) groups is 1. The number of amides is 3. The summed E-state index contributed by atoms with van der Waals surface area (Å²) in [5.41, 5.74) is 1.74. The Bertz CT molecular complexity index is 1350. The molecule has 1 aliphatic rings. The molecular formula is C27H23BrN2O6S. The molecule has 1 fully saturated rings. The molecule has 0 atom stereocenters. The molecule has 1 aromatic heterocycles. The fourth-order valence-corrected chi connectivity index (χ4v) is 4.47. The maximum Gasteiger partial charge on any atom is 0.338 e. The van der Waals surface area contributed by atoms with Gasteiger partial charge in [0.1, 0.15) is 18.1 Å². The van der Waals surface area contributed by atoms with Crippen LogP contribution in [0.1, 0.15) is 35.9 Å². The number of ether oxygens (including phenoxy) is 1. The minimum absolute atomic E-state index is 0.160. The number of anilines is 1. The Morgan fingerprint density at radius 2 is 1.78 bits per heavy atom. The molecule has 1 aliphatic heterocycles. The lowest BCUT2D eigenvalue weighted by molar-refractivity contribution is -0.127. The first kappa shape index (κ1) is 26.4. The summed E-state index contributed by atoms with van der Waals surface area (Å²) >= 11 is 4.07. The number of halogens is 1. The second kappa shape index (κ2) is 12.1. The van der Waals surface area contributed by atoms with Gasteiger partial charge in [-0.3, -0.25) is 19.3 Å².